The van der Waals surface area contributed by atoms with Crippen LogP contribution in [0.4, 0.5) is 61.5 Å². The van der Waals surface area contributed by atoms with Crippen LogP contribution in [0.1, 0.15) is 58.9 Å². The van der Waals surface area contributed by atoms with Crippen molar-refractivity contribution in [3.05, 3.63) is 173 Å². The van der Waals surface area contributed by atoms with Crippen molar-refractivity contribution in [3.63, 3.8) is 0 Å². The van der Waals surface area contributed by atoms with Crippen LogP contribution in [0.25, 0.3) is 11.1 Å². The fourth-order valence-corrected chi connectivity index (χ4v) is 18.4. The lowest BCUT2D eigenvalue weighted by molar-refractivity contribution is -0.142. The maximum Gasteiger partial charge on any atom is 0.534 e. The Morgan fingerprint density at radius 3 is 1.12 bits per heavy atom. The van der Waals surface area contributed by atoms with Crippen molar-refractivity contribution in [2.75, 3.05) is 26.2 Å². The van der Waals surface area contributed by atoms with Gasteiger partial charge in [0.15, 0.2) is 46.6 Å². The molecular formula is C56H38F14N2O20S2Si2. The molecule has 0 aromatic heterocycles. The standard InChI is InChI=1S/C28H18F7NO11SSi.C28H20F7NO9SSi/c1-49(2)24-13(6-15(29)22(41)20(24)31)19(14-7-16(30)23(21(32)25(14)49)47-48(45,46)28(33,34)35)11-4-3-10(5-12(11)27(43)44)26(42)36(8-17(37)38)9-18(39)40;1-11-6-12(27(42)36(9-18(37)38)10-19(39)40)4-5-13(11)20-14-7-16(29)23(41)21(31)25(14)47(2,3)26-15(20)8-17(30)24(22(26)32)45-46(43,44)28(33,34)35/h3-7H,8-9H2,1-2H3,(H,37,38)(H,39,40)(H,43,44);4-8H,9-10H2,1-3H3,(H,37,38)(H,39,40). The van der Waals surface area contributed by atoms with E-state index >= 15 is 26.3 Å². The number of nitrogens with zero attached hydrogens (tertiary/aromatic N) is 2. The van der Waals surface area contributed by atoms with Gasteiger partial charge in [0, 0.05) is 11.1 Å². The van der Waals surface area contributed by atoms with E-state index in [0.717, 1.165) is 43.4 Å². The summed E-state index contributed by atoms with van der Waals surface area (Å²) in [5.41, 5.74) is -18.2. The highest BCUT2D eigenvalue weighted by atomic mass is 32.2. The van der Waals surface area contributed by atoms with Crippen LogP contribution in [0.15, 0.2) is 106 Å². The number of amides is 2. The van der Waals surface area contributed by atoms with Gasteiger partial charge in [0.1, 0.15) is 42.3 Å². The number of carboxylic acid groups (broad SMARTS) is 5. The number of carbonyl (C=O) groups is 9. The minimum absolute atomic E-state index is 0.0301. The SMILES string of the molecule is C[Si]1(C)C2=C(F)C(=O)C(F)=CC2=C(c2ccc(C(=O)N(CC(=O)O)CC(=O)O)cc2C(=O)O)c2cc(F)c(OS(=O)(=O)C(F)(F)F)c(F)c21.Cc1cc(C(=O)N(CC(=O)O)CC(=O)O)ccc1C1=C2C=C(F)C(=O)C(F)=C2[Si](C)(C)c2c1cc(F)c(OS(=O)(=O)C(F)(F)F)c2F. The number of aryl methyl sites for hydroxylation is 1. The normalized spacial score (nSPS) is 15.8. The Labute approximate surface area is 529 Å². The summed E-state index contributed by atoms with van der Waals surface area (Å²) in [6, 6.07) is 6.06. The average molecular weight is 1450 g/mol. The molecule has 0 saturated carbocycles. The Balaban J connectivity index is 0.000000271. The van der Waals surface area contributed by atoms with Crippen LogP contribution in [-0.4, -0.2) is 159 Å². The van der Waals surface area contributed by atoms with Crippen LogP contribution < -0.4 is 18.7 Å². The van der Waals surface area contributed by atoms with Crippen LogP contribution in [0.5, 0.6) is 11.5 Å². The number of ketones is 2. The summed E-state index contributed by atoms with van der Waals surface area (Å²) < 4.78 is 256. The van der Waals surface area contributed by atoms with E-state index in [-0.39, 0.29) is 33.9 Å². The van der Waals surface area contributed by atoms with Gasteiger partial charge in [-0.15, -0.1) is 0 Å². The largest absolute Gasteiger partial charge is 0.534 e. The molecule has 2 aliphatic carbocycles. The van der Waals surface area contributed by atoms with E-state index < -0.39 is 245 Å². The Kier molecular flexibility index (Phi) is 19.5. The zero-order valence-electron chi connectivity index (χ0n) is 48.5. The van der Waals surface area contributed by atoms with E-state index in [2.05, 4.69) is 8.37 Å². The molecule has 22 nitrogen and oxygen atoms in total. The van der Waals surface area contributed by atoms with E-state index in [0.29, 0.717) is 34.1 Å². The predicted molar refractivity (Wildman–Crippen MR) is 302 cm³/mol. The van der Waals surface area contributed by atoms with Crippen molar-refractivity contribution in [3.8, 4) is 11.5 Å². The van der Waals surface area contributed by atoms with Gasteiger partial charge in [0.25, 0.3) is 11.8 Å². The first kappa shape index (κ1) is 73.3. The van der Waals surface area contributed by atoms with E-state index in [4.69, 9.17) is 20.4 Å². The number of rotatable bonds is 17. The molecule has 0 unspecified atom stereocenters. The number of aliphatic carboxylic acids is 4. The molecule has 2 aliphatic heterocycles. The lowest BCUT2D eigenvalue weighted by Gasteiger charge is -2.38. The number of allylic oxidation sites excluding steroid dienone is 10. The summed E-state index contributed by atoms with van der Waals surface area (Å²) in [5.74, 6) is -33.3. The van der Waals surface area contributed by atoms with Gasteiger partial charge in [0.05, 0.1) is 5.56 Å². The van der Waals surface area contributed by atoms with E-state index in [1.165, 1.54) is 20.0 Å². The molecule has 0 saturated heterocycles. The number of carboxylic acids is 5. The molecule has 8 rings (SSSR count). The van der Waals surface area contributed by atoms with Crippen molar-refractivity contribution < 1.29 is 155 Å². The summed E-state index contributed by atoms with van der Waals surface area (Å²) in [4.78, 5) is 109. The van der Waals surface area contributed by atoms with E-state index in [1.807, 2.05) is 0 Å². The Morgan fingerprint density at radius 1 is 0.490 bits per heavy atom. The molecule has 510 valence electrons. The molecular weight excluding hydrogens is 1410 g/mol. The molecule has 0 radical (unpaired) electrons. The minimum Gasteiger partial charge on any atom is -0.480 e. The number of halogens is 14. The summed E-state index contributed by atoms with van der Waals surface area (Å²) in [6.45, 7) is 1.54. The Bertz CT molecular complexity index is 4660. The number of carbonyl (C=O) groups excluding carboxylic acids is 4. The van der Waals surface area contributed by atoms with E-state index in [1.54, 1.807) is 0 Å². The van der Waals surface area contributed by atoms with Crippen molar-refractivity contribution in [1.82, 2.24) is 9.80 Å². The monoisotopic (exact) mass is 1440 g/mol. The lowest BCUT2D eigenvalue weighted by atomic mass is 9.86. The second-order valence-electron chi connectivity index (χ2n) is 21.7. The van der Waals surface area contributed by atoms with Crippen LogP contribution in [0, 0.1) is 30.2 Å². The van der Waals surface area contributed by atoms with Crippen molar-refractivity contribution in [2.45, 2.75) is 44.1 Å². The highest BCUT2D eigenvalue weighted by molar-refractivity contribution is 7.88. The van der Waals surface area contributed by atoms with Gasteiger partial charge >= 0.3 is 61.1 Å². The van der Waals surface area contributed by atoms with Crippen LogP contribution in [-0.2, 0) is 49.0 Å². The van der Waals surface area contributed by atoms with Gasteiger partial charge in [-0.2, -0.15) is 43.2 Å². The number of aromatic carboxylic acids is 1. The quantitative estimate of drug-likeness (QED) is 0.0296. The third kappa shape index (κ3) is 13.3. The molecule has 4 aromatic carbocycles. The fraction of sp³-hybridized carbons (Fsp3) is 0.196. The Morgan fingerprint density at radius 2 is 0.812 bits per heavy atom. The molecule has 0 fully saturated rings. The third-order valence-corrected chi connectivity index (χ3v) is 23.5. The first-order valence-electron chi connectivity index (χ1n) is 26.1. The van der Waals surface area contributed by atoms with Gasteiger partial charge in [-0.3, -0.25) is 38.4 Å². The summed E-state index contributed by atoms with van der Waals surface area (Å²) >= 11 is 0. The maximum absolute atomic E-state index is 16.1. The molecule has 2 amide bonds. The van der Waals surface area contributed by atoms with Crippen molar-refractivity contribution >= 4 is 111 Å². The van der Waals surface area contributed by atoms with Gasteiger partial charge < -0.3 is 43.7 Å². The first-order chi connectivity index (χ1) is 43.9. The maximum atomic E-state index is 16.1. The predicted octanol–water partition coefficient (Wildman–Crippen LogP) is 7.48. The van der Waals surface area contributed by atoms with Gasteiger partial charge in [-0.05, 0) is 126 Å². The zero-order valence-corrected chi connectivity index (χ0v) is 52.1. The summed E-state index contributed by atoms with van der Waals surface area (Å²) in [7, 11) is -21.6. The summed E-state index contributed by atoms with van der Waals surface area (Å²) in [6.07, 6.45) is 1.02. The summed E-state index contributed by atoms with van der Waals surface area (Å²) in [5, 5.41) is 43.5. The molecule has 4 aromatic rings. The molecule has 96 heavy (non-hydrogen) atoms. The van der Waals surface area contributed by atoms with Crippen molar-refractivity contribution in [1.29, 1.82) is 0 Å². The van der Waals surface area contributed by atoms with Crippen LogP contribution in [0.2, 0.25) is 26.2 Å². The number of fused-ring (bicyclic) bond motifs is 4. The van der Waals surface area contributed by atoms with Gasteiger partial charge in [-0.25, -0.2) is 39.9 Å². The molecule has 0 atom stereocenters. The highest BCUT2D eigenvalue weighted by Crippen LogP contribution is 2.50. The van der Waals surface area contributed by atoms with Crippen LogP contribution >= 0.6 is 0 Å². The highest BCUT2D eigenvalue weighted by Gasteiger charge is 2.54. The lowest BCUT2D eigenvalue weighted by Crippen LogP contribution is -2.52. The van der Waals surface area contributed by atoms with Crippen LogP contribution in [0.3, 0.4) is 0 Å². The number of benzene rings is 4. The smallest absolute Gasteiger partial charge is 0.480 e. The second kappa shape index (κ2) is 25.6. The zero-order chi connectivity index (χ0) is 72.7. The number of Topliss-reactive ketones (excluding diaryl/α,β-unsaturated/α-hetero) is 2. The molecule has 0 spiro atoms. The molecule has 0 bridgehead atoms. The molecule has 5 N–H and O–H groups in total. The minimum atomic E-state index is -6.69. The first-order valence-corrected chi connectivity index (χ1v) is 34.9. The number of hydrogen-bond acceptors (Lipinski definition) is 15. The third-order valence-electron chi connectivity index (χ3n) is 14.6. The Hall–Kier alpha value is -10.1. The van der Waals surface area contributed by atoms with E-state index in [9.17, 15) is 100 Å². The topological polar surface area (TPSA) is 348 Å². The second-order valence-corrected chi connectivity index (χ2v) is 33.2. The molecule has 2 heterocycles. The number of alkyl halides is 6. The number of hydrogen-bond donors (Lipinski definition) is 5. The van der Waals surface area contributed by atoms with Crippen molar-refractivity contribution in [2.24, 2.45) is 0 Å². The molecule has 4 aliphatic rings. The average Bonchev–Trinajstić information content (AvgIpc) is 0.708. The molecule has 40 heteroatoms. The van der Waals surface area contributed by atoms with Gasteiger partial charge in [-0.1, -0.05) is 38.3 Å². The fourth-order valence-electron chi connectivity index (χ4n) is 10.8. The van der Waals surface area contributed by atoms with Gasteiger partial charge in [0.2, 0.25) is 23.1 Å².